The van der Waals surface area contributed by atoms with Gasteiger partial charge in [0.25, 0.3) is 11.8 Å². The topological polar surface area (TPSA) is 58.2 Å². The number of amides is 2. The van der Waals surface area contributed by atoms with Gasteiger partial charge in [-0.25, -0.2) is 0 Å². The van der Waals surface area contributed by atoms with E-state index < -0.39 is 0 Å². The molecule has 0 saturated heterocycles. The van der Waals surface area contributed by atoms with Crippen molar-refractivity contribution >= 4 is 17.5 Å². The van der Waals surface area contributed by atoms with Crippen LogP contribution in [-0.4, -0.2) is 18.9 Å². The first-order chi connectivity index (χ1) is 10.0. The van der Waals surface area contributed by atoms with E-state index in [4.69, 9.17) is 0 Å². The molecule has 0 aliphatic rings. The Kier molecular flexibility index (Phi) is 4.38. The lowest BCUT2D eigenvalue weighted by Gasteiger charge is -2.10. The molecule has 0 radical (unpaired) electrons. The number of aryl methyl sites for hydroxylation is 2. The Balaban J connectivity index is 2.26. The maximum atomic E-state index is 12.3. The molecule has 4 nitrogen and oxygen atoms in total. The molecule has 2 rings (SSSR count). The summed E-state index contributed by atoms with van der Waals surface area (Å²) in [5.74, 6) is -0.364. The molecular formula is C17H18N2O2. The summed E-state index contributed by atoms with van der Waals surface area (Å²) in [6.45, 7) is 3.83. The fourth-order valence-corrected chi connectivity index (χ4v) is 2.02. The van der Waals surface area contributed by atoms with E-state index in [0.29, 0.717) is 16.8 Å². The van der Waals surface area contributed by atoms with E-state index in [2.05, 4.69) is 10.6 Å². The van der Waals surface area contributed by atoms with Crippen LogP contribution in [0.15, 0.2) is 42.5 Å². The van der Waals surface area contributed by atoms with Crippen LogP contribution in [0, 0.1) is 13.8 Å². The van der Waals surface area contributed by atoms with Crippen molar-refractivity contribution in [1.82, 2.24) is 5.32 Å². The average molecular weight is 282 g/mol. The third-order valence-corrected chi connectivity index (χ3v) is 3.26. The maximum absolute atomic E-state index is 12.3. The van der Waals surface area contributed by atoms with Crippen LogP contribution in [-0.2, 0) is 0 Å². The first-order valence-electron chi connectivity index (χ1n) is 6.72. The van der Waals surface area contributed by atoms with E-state index in [9.17, 15) is 9.59 Å². The normalized spacial score (nSPS) is 10.0. The van der Waals surface area contributed by atoms with Gasteiger partial charge in [0, 0.05) is 23.9 Å². The van der Waals surface area contributed by atoms with Crippen molar-refractivity contribution in [2.75, 3.05) is 12.4 Å². The number of hydrogen-bond acceptors (Lipinski definition) is 2. The highest BCUT2D eigenvalue weighted by molar-refractivity contribution is 6.05. The van der Waals surface area contributed by atoms with Crippen molar-refractivity contribution in [3.05, 3.63) is 64.7 Å². The lowest BCUT2D eigenvalue weighted by atomic mass is 10.1. The molecule has 2 aromatic rings. The van der Waals surface area contributed by atoms with Crippen molar-refractivity contribution in [3.63, 3.8) is 0 Å². The van der Waals surface area contributed by atoms with Crippen molar-refractivity contribution in [1.29, 1.82) is 0 Å². The molecule has 2 amide bonds. The van der Waals surface area contributed by atoms with Gasteiger partial charge in [-0.2, -0.15) is 0 Å². The van der Waals surface area contributed by atoms with Crippen molar-refractivity contribution < 1.29 is 9.59 Å². The quantitative estimate of drug-likeness (QED) is 0.909. The molecule has 21 heavy (non-hydrogen) atoms. The molecule has 0 aliphatic carbocycles. The van der Waals surface area contributed by atoms with Crippen LogP contribution in [0.2, 0.25) is 0 Å². The smallest absolute Gasteiger partial charge is 0.255 e. The van der Waals surface area contributed by atoms with Gasteiger partial charge in [0.2, 0.25) is 0 Å². The van der Waals surface area contributed by atoms with Gasteiger partial charge >= 0.3 is 0 Å². The Morgan fingerprint density at radius 1 is 0.905 bits per heavy atom. The molecule has 0 spiro atoms. The Labute approximate surface area is 124 Å². The largest absolute Gasteiger partial charge is 0.355 e. The van der Waals surface area contributed by atoms with Crippen LogP contribution in [0.3, 0.4) is 0 Å². The number of nitrogens with one attached hydrogen (secondary N) is 2. The number of carbonyl (C=O) groups is 2. The van der Waals surface area contributed by atoms with Gasteiger partial charge in [0.1, 0.15) is 0 Å². The van der Waals surface area contributed by atoms with E-state index in [-0.39, 0.29) is 11.8 Å². The Hall–Kier alpha value is -2.62. The van der Waals surface area contributed by atoms with Gasteiger partial charge in [-0.15, -0.1) is 0 Å². The van der Waals surface area contributed by atoms with Gasteiger partial charge in [-0.1, -0.05) is 23.8 Å². The molecule has 0 aromatic heterocycles. The number of carbonyl (C=O) groups excluding carboxylic acids is 2. The SMILES string of the molecule is CNC(=O)c1ccc(C)c(NC(=O)c2cccc(C)c2)c1. The van der Waals surface area contributed by atoms with Crippen LogP contribution in [0.25, 0.3) is 0 Å². The molecule has 2 N–H and O–H groups in total. The van der Waals surface area contributed by atoms with Crippen LogP contribution in [0.4, 0.5) is 5.69 Å². The summed E-state index contributed by atoms with van der Waals surface area (Å²) in [6.07, 6.45) is 0. The number of hydrogen-bond donors (Lipinski definition) is 2. The predicted octanol–water partition coefficient (Wildman–Crippen LogP) is 2.92. The summed E-state index contributed by atoms with van der Waals surface area (Å²) in [5, 5.41) is 5.42. The van der Waals surface area contributed by atoms with Gasteiger partial charge in [0.15, 0.2) is 0 Å². The van der Waals surface area contributed by atoms with E-state index in [1.165, 1.54) is 0 Å². The predicted molar refractivity (Wildman–Crippen MR) is 83.7 cm³/mol. The molecule has 0 unspecified atom stereocenters. The zero-order valence-electron chi connectivity index (χ0n) is 12.4. The summed E-state index contributed by atoms with van der Waals surface area (Å²) in [7, 11) is 1.58. The summed E-state index contributed by atoms with van der Waals surface area (Å²) >= 11 is 0. The van der Waals surface area contributed by atoms with Crippen molar-refractivity contribution in [3.8, 4) is 0 Å². The minimum absolute atomic E-state index is 0.180. The fourth-order valence-electron chi connectivity index (χ4n) is 2.02. The summed E-state index contributed by atoms with van der Waals surface area (Å²) in [5.41, 5.74) is 3.69. The number of benzene rings is 2. The monoisotopic (exact) mass is 282 g/mol. The molecule has 0 heterocycles. The highest BCUT2D eigenvalue weighted by Gasteiger charge is 2.10. The lowest BCUT2D eigenvalue weighted by molar-refractivity contribution is 0.0961. The Morgan fingerprint density at radius 2 is 1.62 bits per heavy atom. The van der Waals surface area contributed by atoms with E-state index in [1.807, 2.05) is 38.1 Å². The van der Waals surface area contributed by atoms with E-state index >= 15 is 0 Å². The zero-order valence-corrected chi connectivity index (χ0v) is 12.4. The summed E-state index contributed by atoms with van der Waals surface area (Å²) < 4.78 is 0. The van der Waals surface area contributed by atoms with E-state index in [1.54, 1.807) is 25.2 Å². The molecule has 108 valence electrons. The number of anilines is 1. The molecule has 0 aliphatic heterocycles. The third-order valence-electron chi connectivity index (χ3n) is 3.26. The minimum atomic E-state index is -0.184. The van der Waals surface area contributed by atoms with Gasteiger partial charge in [0.05, 0.1) is 0 Å². The second-order valence-corrected chi connectivity index (χ2v) is 4.93. The Bertz CT molecular complexity index is 693. The minimum Gasteiger partial charge on any atom is -0.355 e. The summed E-state index contributed by atoms with van der Waals surface area (Å²) in [4.78, 5) is 23.9. The molecule has 0 atom stereocenters. The fraction of sp³-hybridized carbons (Fsp3) is 0.176. The first-order valence-corrected chi connectivity index (χ1v) is 6.72. The Morgan fingerprint density at radius 3 is 2.29 bits per heavy atom. The molecule has 2 aromatic carbocycles. The third kappa shape index (κ3) is 3.48. The standard InChI is InChI=1S/C17H18N2O2/c1-11-5-4-6-13(9-11)17(21)19-15-10-14(16(20)18-3)8-7-12(15)2/h4-10H,1-3H3,(H,18,20)(H,19,21). The van der Waals surface area contributed by atoms with E-state index in [0.717, 1.165) is 11.1 Å². The van der Waals surface area contributed by atoms with Crippen LogP contribution in [0.5, 0.6) is 0 Å². The van der Waals surface area contributed by atoms with Gasteiger partial charge < -0.3 is 10.6 Å². The second kappa shape index (κ2) is 6.22. The van der Waals surface area contributed by atoms with Gasteiger partial charge in [-0.05, 0) is 43.7 Å². The lowest BCUT2D eigenvalue weighted by Crippen LogP contribution is -2.19. The molecule has 4 heteroatoms. The molecule has 0 bridgehead atoms. The van der Waals surface area contributed by atoms with Gasteiger partial charge in [-0.3, -0.25) is 9.59 Å². The van der Waals surface area contributed by atoms with Crippen molar-refractivity contribution in [2.45, 2.75) is 13.8 Å². The summed E-state index contributed by atoms with van der Waals surface area (Å²) in [6, 6.07) is 12.6. The molecule has 0 fully saturated rings. The number of rotatable bonds is 3. The molecule has 0 saturated carbocycles. The average Bonchev–Trinajstić information content (AvgIpc) is 2.48. The van der Waals surface area contributed by atoms with Crippen LogP contribution in [0.1, 0.15) is 31.8 Å². The highest BCUT2D eigenvalue weighted by atomic mass is 16.2. The highest BCUT2D eigenvalue weighted by Crippen LogP contribution is 2.18. The van der Waals surface area contributed by atoms with Crippen LogP contribution < -0.4 is 10.6 Å². The molecular weight excluding hydrogens is 264 g/mol. The van der Waals surface area contributed by atoms with Crippen LogP contribution >= 0.6 is 0 Å². The van der Waals surface area contributed by atoms with Crippen molar-refractivity contribution in [2.24, 2.45) is 0 Å². The second-order valence-electron chi connectivity index (χ2n) is 4.93. The zero-order chi connectivity index (χ0) is 15.4. The first kappa shape index (κ1) is 14.8. The maximum Gasteiger partial charge on any atom is 0.255 e.